The van der Waals surface area contributed by atoms with Gasteiger partial charge in [-0.05, 0) is 13.0 Å². The third-order valence-corrected chi connectivity index (χ3v) is 9.89. The first-order chi connectivity index (χ1) is 19.5. The molecule has 0 radical (unpaired) electrons. The van der Waals surface area contributed by atoms with Crippen LogP contribution in [0.25, 0.3) is 11.2 Å². The summed E-state index contributed by atoms with van der Waals surface area (Å²) in [6, 6.07) is 4.77. The predicted molar refractivity (Wildman–Crippen MR) is 129 cm³/mol. The van der Waals surface area contributed by atoms with Crippen LogP contribution in [0.2, 0.25) is 0 Å². The second kappa shape index (κ2) is 17.3. The van der Waals surface area contributed by atoms with Crippen LogP contribution in [0.15, 0.2) is 36.9 Å². The number of nitrogens with zero attached hydrogens (tertiary/aromatic N) is 5. The molecule has 2 aromatic heterocycles. The van der Waals surface area contributed by atoms with E-state index in [1.165, 1.54) is 16.7 Å². The smallest absolute Gasteiger partial charge is 0.756 e. The Labute approximate surface area is 319 Å². The fourth-order valence-electron chi connectivity index (χ4n) is 3.87. The molecule has 3 aromatic rings. The van der Waals surface area contributed by atoms with Gasteiger partial charge in [-0.3, -0.25) is 28.4 Å². The molecule has 27 heteroatoms. The molecule has 7 unspecified atom stereocenters. The van der Waals surface area contributed by atoms with Gasteiger partial charge in [-0.15, -0.1) is 0 Å². The Hall–Kier alpha value is 0.260. The first-order valence-electron chi connectivity index (χ1n) is 11.4. The Morgan fingerprint density at radius 2 is 1.64 bits per heavy atom. The first kappa shape index (κ1) is 43.3. The maximum absolute atomic E-state index is 12.1. The molecule has 8 atom stereocenters. The van der Waals surface area contributed by atoms with Gasteiger partial charge in [-0.2, -0.15) is 0 Å². The second-order valence-electron chi connectivity index (χ2n) is 8.49. The molecular weight excluding hydrogens is 702 g/mol. The van der Waals surface area contributed by atoms with Crippen molar-refractivity contribution in [2.75, 3.05) is 12.3 Å². The van der Waals surface area contributed by atoms with Crippen molar-refractivity contribution in [3.63, 3.8) is 0 Å². The molecule has 1 aliphatic heterocycles. The van der Waals surface area contributed by atoms with E-state index in [0.29, 0.717) is 0 Å². The van der Waals surface area contributed by atoms with Crippen molar-refractivity contribution < 1.29 is 155 Å². The van der Waals surface area contributed by atoms with Gasteiger partial charge in [-0.1, -0.05) is 12.1 Å². The average Bonchev–Trinajstić information content (AvgIpc) is 3.42. The SMILES string of the molecule is CC(OP(=O)([O-])OP(=O)([O-])OP(=O)([O-])OCC1O[C@H](n2cnc3c(N)ncnc32)C(O)C1O)c1ccccc1[N+](=O)[O-].[Na+].[Na+].[Na+]. The third-order valence-electron chi connectivity index (χ3n) is 5.65. The van der Waals surface area contributed by atoms with Crippen LogP contribution >= 0.6 is 23.5 Å². The predicted octanol–water partition coefficient (Wildman–Crippen LogP) is -9.82. The van der Waals surface area contributed by atoms with Gasteiger partial charge in [0.05, 0.1) is 29.5 Å². The number of nitrogens with two attached hydrogens (primary N) is 1. The number of ether oxygens (including phenoxy) is 1. The number of hydrogen-bond acceptors (Lipinski definition) is 19. The van der Waals surface area contributed by atoms with E-state index in [9.17, 15) is 48.7 Å². The number of nitro benzene ring substituents is 1. The number of para-hydroxylation sites is 1. The summed E-state index contributed by atoms with van der Waals surface area (Å²) >= 11 is 0. The topological polar surface area (TPSA) is 320 Å². The zero-order chi connectivity index (χ0) is 31.0. The largest absolute Gasteiger partial charge is 1.00 e. The van der Waals surface area contributed by atoms with Crippen molar-refractivity contribution in [1.29, 1.82) is 0 Å². The van der Waals surface area contributed by atoms with Crippen LogP contribution in [-0.4, -0.2) is 59.6 Å². The molecule has 0 aliphatic carbocycles. The minimum absolute atomic E-state index is 0. The number of benzene rings is 1. The Balaban J connectivity index is 0.00000337. The van der Waals surface area contributed by atoms with Crippen molar-refractivity contribution >= 4 is 46.1 Å². The second-order valence-corrected chi connectivity index (χ2v) is 13.0. The van der Waals surface area contributed by atoms with E-state index in [1.54, 1.807) is 0 Å². The molecule has 4 N–H and O–H groups in total. The van der Waals surface area contributed by atoms with Gasteiger partial charge in [-0.25, -0.2) is 23.6 Å². The van der Waals surface area contributed by atoms with Gasteiger partial charge < -0.3 is 44.4 Å². The standard InChI is InChI=1S/C18H23N6O15P3.3Na/c1-9(10-4-2-3-5-11(10)24(27)28)37-41(31,32)39-42(33,34)38-40(29,30)35-6-12-14(25)15(26)18(36-12)23-8-22-13-16(19)20-7-21-17(13)23;;;/h2-5,7-9,12,14-15,18,25-26H,6H2,1H3,(H,29,30)(H,31,32)(H,33,34)(H2,19,20,21);;;/q;3*+1/p-3/t9?,12?,14?,15?,18-;;;/m0.../s1. The molecule has 0 spiro atoms. The Morgan fingerprint density at radius 1 is 1.02 bits per heavy atom. The normalized spacial score (nSPS) is 24.1. The first-order valence-corrected chi connectivity index (χ1v) is 15.7. The summed E-state index contributed by atoms with van der Waals surface area (Å²) < 4.78 is 59.3. The summed E-state index contributed by atoms with van der Waals surface area (Å²) in [5.41, 5.74) is 5.13. The van der Waals surface area contributed by atoms with Crippen LogP contribution in [0.3, 0.4) is 0 Å². The average molecular weight is 722 g/mol. The van der Waals surface area contributed by atoms with Gasteiger partial charge in [0.25, 0.3) is 29.2 Å². The number of imidazole rings is 1. The zero-order valence-corrected chi connectivity index (χ0v) is 32.6. The number of phosphoric ester groups is 2. The maximum Gasteiger partial charge on any atom is 1.00 e. The van der Waals surface area contributed by atoms with Gasteiger partial charge in [0, 0.05) is 6.07 Å². The van der Waals surface area contributed by atoms with Crippen molar-refractivity contribution in [3.8, 4) is 0 Å². The maximum atomic E-state index is 12.1. The third kappa shape index (κ3) is 10.9. The number of aromatic nitrogens is 4. The van der Waals surface area contributed by atoms with Gasteiger partial charge in [0.1, 0.15) is 30.2 Å². The monoisotopic (exact) mass is 722 g/mol. The molecular formula is C18H20N6Na3O15P3. The Morgan fingerprint density at radius 3 is 2.29 bits per heavy atom. The van der Waals surface area contributed by atoms with Gasteiger partial charge >= 0.3 is 88.7 Å². The van der Waals surface area contributed by atoms with Gasteiger partial charge in [0.2, 0.25) is 0 Å². The van der Waals surface area contributed by atoms with E-state index in [4.69, 9.17) is 10.5 Å². The van der Waals surface area contributed by atoms with E-state index in [-0.39, 0.29) is 111 Å². The molecule has 0 saturated carbocycles. The number of nitro groups is 1. The van der Waals surface area contributed by atoms with Crippen LogP contribution in [0.1, 0.15) is 24.8 Å². The minimum Gasteiger partial charge on any atom is -0.756 e. The number of hydrogen-bond donors (Lipinski definition) is 3. The van der Waals surface area contributed by atoms with E-state index in [1.807, 2.05) is 0 Å². The van der Waals surface area contributed by atoms with Crippen molar-refractivity contribution in [3.05, 3.63) is 52.6 Å². The molecule has 1 saturated heterocycles. The molecule has 230 valence electrons. The number of nitrogen functional groups attached to an aromatic ring is 1. The van der Waals surface area contributed by atoms with Crippen LogP contribution in [0, 0.1) is 10.1 Å². The Kier molecular flexibility index (Phi) is 16.6. The number of rotatable bonds is 12. The number of aliphatic hydroxyl groups excluding tert-OH is 2. The minimum atomic E-state index is -6.26. The quantitative estimate of drug-likeness (QED) is 0.0676. The summed E-state index contributed by atoms with van der Waals surface area (Å²) in [7, 11) is -18.1. The van der Waals surface area contributed by atoms with E-state index in [2.05, 4.69) is 32.6 Å². The molecule has 21 nitrogen and oxygen atoms in total. The van der Waals surface area contributed by atoms with E-state index in [0.717, 1.165) is 31.7 Å². The molecule has 1 fully saturated rings. The number of anilines is 1. The molecule has 1 aromatic carbocycles. The van der Waals surface area contributed by atoms with Crippen LogP contribution in [-0.2, 0) is 36.1 Å². The number of aliphatic hydroxyl groups is 2. The zero-order valence-electron chi connectivity index (χ0n) is 23.9. The number of fused-ring (bicyclic) bond motifs is 1. The molecule has 0 bridgehead atoms. The van der Waals surface area contributed by atoms with Crippen LogP contribution in [0.5, 0.6) is 0 Å². The number of phosphoric acid groups is 3. The molecule has 1 aliphatic rings. The summed E-state index contributed by atoms with van der Waals surface area (Å²) in [6.45, 7) is -0.0863. The van der Waals surface area contributed by atoms with E-state index < -0.39 is 71.3 Å². The fraction of sp³-hybridized carbons (Fsp3) is 0.389. The van der Waals surface area contributed by atoms with Crippen LogP contribution < -0.4 is 109 Å². The summed E-state index contributed by atoms with van der Waals surface area (Å²) in [4.78, 5) is 58.3. The van der Waals surface area contributed by atoms with Crippen molar-refractivity contribution in [1.82, 2.24) is 19.5 Å². The van der Waals surface area contributed by atoms with Gasteiger partial charge in [0.15, 0.2) is 17.7 Å². The summed E-state index contributed by atoms with van der Waals surface area (Å²) in [6.07, 6.45) is -5.80. The van der Waals surface area contributed by atoms with Crippen LogP contribution in [0.4, 0.5) is 11.5 Å². The molecule has 0 amide bonds. The Bertz CT molecular complexity index is 1640. The molecule has 3 heterocycles. The summed E-state index contributed by atoms with van der Waals surface area (Å²) in [5.74, 6) is 0.00392. The molecule has 4 rings (SSSR count). The van der Waals surface area contributed by atoms with E-state index >= 15 is 0 Å². The van der Waals surface area contributed by atoms with Crippen molar-refractivity contribution in [2.24, 2.45) is 0 Å². The summed E-state index contributed by atoms with van der Waals surface area (Å²) in [5, 5.41) is 31.9. The fourth-order valence-corrected chi connectivity index (χ4v) is 7.39. The van der Waals surface area contributed by atoms with Crippen molar-refractivity contribution in [2.45, 2.75) is 37.6 Å². The molecule has 45 heavy (non-hydrogen) atoms.